The minimum Gasteiger partial charge on any atom is -0.457 e. The molecule has 0 saturated carbocycles. The van der Waals surface area contributed by atoms with E-state index in [-0.39, 0.29) is 11.2 Å². The highest BCUT2D eigenvalue weighted by Crippen LogP contribution is 2.28. The molecule has 0 N–H and O–H groups in total. The number of thiol groups is 1. The summed E-state index contributed by atoms with van der Waals surface area (Å²) in [5.41, 5.74) is 0.889. The zero-order valence-corrected chi connectivity index (χ0v) is 13.7. The topological polar surface area (TPSA) is 29.5 Å². The van der Waals surface area contributed by atoms with E-state index in [2.05, 4.69) is 28.6 Å². The van der Waals surface area contributed by atoms with E-state index in [1.807, 2.05) is 48.5 Å². The van der Waals surface area contributed by atoms with Crippen molar-refractivity contribution < 1.29 is 9.53 Å². The highest BCUT2D eigenvalue weighted by molar-refractivity contribution is 9.10. The van der Waals surface area contributed by atoms with Crippen LogP contribution in [0.15, 0.2) is 53.0 Å². The number of hydrogen-bond acceptors (Lipinski definition) is 3. The molecule has 0 aliphatic carbocycles. The van der Waals surface area contributed by atoms with Crippen molar-refractivity contribution in [2.45, 2.75) is 11.7 Å². The maximum atomic E-state index is 11.8. The van der Waals surface area contributed by atoms with Crippen LogP contribution < -0.4 is 9.64 Å². The third-order valence-electron chi connectivity index (χ3n) is 3.30. The van der Waals surface area contributed by atoms with Crippen LogP contribution in [0.4, 0.5) is 5.69 Å². The molecule has 2 aromatic rings. The average molecular weight is 364 g/mol. The lowest BCUT2D eigenvalue weighted by atomic mass is 10.2. The van der Waals surface area contributed by atoms with E-state index in [1.165, 1.54) is 0 Å². The van der Waals surface area contributed by atoms with Crippen LogP contribution in [-0.4, -0.2) is 17.7 Å². The zero-order chi connectivity index (χ0) is 14.8. The van der Waals surface area contributed by atoms with Gasteiger partial charge in [-0.15, -0.1) is 0 Å². The second kappa shape index (κ2) is 6.12. The Hall–Kier alpha value is -1.46. The Morgan fingerprint density at radius 1 is 1.05 bits per heavy atom. The summed E-state index contributed by atoms with van der Waals surface area (Å²) in [6.45, 7) is 0.662. The number of rotatable bonds is 3. The second-order valence-corrected chi connectivity index (χ2v) is 6.56. The Labute approximate surface area is 137 Å². The van der Waals surface area contributed by atoms with E-state index in [1.54, 1.807) is 4.90 Å². The minimum atomic E-state index is 0.121. The molecule has 0 radical (unpaired) electrons. The van der Waals surface area contributed by atoms with Crippen LogP contribution >= 0.6 is 28.6 Å². The van der Waals surface area contributed by atoms with Gasteiger partial charge in [0.25, 0.3) is 0 Å². The molecular formula is C16H14BrNO2S. The predicted octanol–water partition coefficient (Wildman–Crippen LogP) is 4.28. The molecule has 0 spiro atoms. The van der Waals surface area contributed by atoms with E-state index in [0.29, 0.717) is 13.0 Å². The van der Waals surface area contributed by atoms with Gasteiger partial charge in [-0.25, -0.2) is 0 Å². The first-order valence-corrected chi connectivity index (χ1v) is 7.95. The monoisotopic (exact) mass is 363 g/mol. The smallest absolute Gasteiger partial charge is 0.228 e. The Balaban J connectivity index is 1.72. The molecule has 1 aliphatic rings. The predicted molar refractivity (Wildman–Crippen MR) is 90.4 cm³/mol. The number of nitrogens with zero attached hydrogens (tertiary/aromatic N) is 1. The zero-order valence-electron chi connectivity index (χ0n) is 11.2. The van der Waals surface area contributed by atoms with E-state index in [4.69, 9.17) is 4.74 Å². The molecule has 1 amide bonds. The maximum Gasteiger partial charge on any atom is 0.228 e. The fourth-order valence-electron chi connectivity index (χ4n) is 2.27. The standard InChI is InChI=1S/C16H14BrNO2S/c17-11-1-5-13(6-2-11)20-14-7-3-12(4-8-14)18-10-15(21)9-16(18)19/h1-8,15,21H,9-10H2. The van der Waals surface area contributed by atoms with E-state index in [9.17, 15) is 4.79 Å². The summed E-state index contributed by atoms with van der Waals surface area (Å²) in [7, 11) is 0. The molecule has 1 heterocycles. The number of benzene rings is 2. The lowest BCUT2D eigenvalue weighted by molar-refractivity contribution is -0.117. The van der Waals surface area contributed by atoms with Gasteiger partial charge < -0.3 is 9.64 Å². The summed E-state index contributed by atoms with van der Waals surface area (Å²) in [5.74, 6) is 1.64. The van der Waals surface area contributed by atoms with Gasteiger partial charge in [0.2, 0.25) is 5.91 Å². The Kier molecular flexibility index (Phi) is 4.22. The lowest BCUT2D eigenvalue weighted by Gasteiger charge is -2.16. The van der Waals surface area contributed by atoms with Gasteiger partial charge in [0.15, 0.2) is 0 Å². The first kappa shape index (κ1) is 14.5. The van der Waals surface area contributed by atoms with Crippen LogP contribution in [0, 0.1) is 0 Å². The first-order chi connectivity index (χ1) is 10.1. The highest BCUT2D eigenvalue weighted by atomic mass is 79.9. The molecule has 3 nitrogen and oxygen atoms in total. The molecule has 1 fully saturated rings. The summed E-state index contributed by atoms with van der Waals surface area (Å²) in [6.07, 6.45) is 0.500. The summed E-state index contributed by atoms with van der Waals surface area (Å²) in [4.78, 5) is 13.6. The Morgan fingerprint density at radius 2 is 1.62 bits per heavy atom. The Morgan fingerprint density at radius 3 is 2.14 bits per heavy atom. The highest BCUT2D eigenvalue weighted by Gasteiger charge is 2.28. The number of ether oxygens (including phenoxy) is 1. The molecule has 108 valence electrons. The van der Waals surface area contributed by atoms with E-state index in [0.717, 1.165) is 21.7 Å². The molecular weight excluding hydrogens is 350 g/mol. The van der Waals surface area contributed by atoms with Crippen molar-refractivity contribution in [2.75, 3.05) is 11.4 Å². The molecule has 0 aromatic heterocycles. The quantitative estimate of drug-likeness (QED) is 0.824. The maximum absolute atomic E-state index is 11.8. The second-order valence-electron chi connectivity index (χ2n) is 4.91. The van der Waals surface area contributed by atoms with Gasteiger partial charge >= 0.3 is 0 Å². The fourth-order valence-corrected chi connectivity index (χ4v) is 2.85. The van der Waals surface area contributed by atoms with Crippen molar-refractivity contribution in [1.29, 1.82) is 0 Å². The molecule has 1 unspecified atom stereocenters. The summed E-state index contributed by atoms with van der Waals surface area (Å²) in [6, 6.07) is 15.2. The van der Waals surface area contributed by atoms with Gasteiger partial charge in [0, 0.05) is 28.4 Å². The van der Waals surface area contributed by atoms with Crippen LogP contribution in [0.25, 0.3) is 0 Å². The fraction of sp³-hybridized carbons (Fsp3) is 0.188. The van der Waals surface area contributed by atoms with Crippen LogP contribution in [0.1, 0.15) is 6.42 Å². The normalized spacial score (nSPS) is 18.1. The van der Waals surface area contributed by atoms with Crippen LogP contribution in [0.3, 0.4) is 0 Å². The number of carbonyl (C=O) groups excluding carboxylic acids is 1. The molecule has 3 rings (SSSR count). The van der Waals surface area contributed by atoms with Gasteiger partial charge in [-0.05, 0) is 48.5 Å². The molecule has 0 bridgehead atoms. The Bertz CT molecular complexity index is 642. The largest absolute Gasteiger partial charge is 0.457 e. The van der Waals surface area contributed by atoms with Crippen molar-refractivity contribution in [3.63, 3.8) is 0 Å². The van der Waals surface area contributed by atoms with Gasteiger partial charge in [-0.2, -0.15) is 12.6 Å². The lowest BCUT2D eigenvalue weighted by Crippen LogP contribution is -2.24. The van der Waals surface area contributed by atoms with Gasteiger partial charge in [0.1, 0.15) is 11.5 Å². The number of hydrogen-bond donors (Lipinski definition) is 1. The van der Waals surface area contributed by atoms with Crippen molar-refractivity contribution >= 4 is 40.2 Å². The summed E-state index contributed by atoms with van der Waals surface area (Å²) in [5, 5.41) is 0.121. The minimum absolute atomic E-state index is 0.121. The molecule has 1 aliphatic heterocycles. The van der Waals surface area contributed by atoms with Crippen molar-refractivity contribution in [3.8, 4) is 11.5 Å². The van der Waals surface area contributed by atoms with E-state index < -0.39 is 0 Å². The molecule has 1 atom stereocenters. The summed E-state index contributed by atoms with van der Waals surface area (Å²) < 4.78 is 6.77. The third-order valence-corrected chi connectivity index (χ3v) is 4.18. The van der Waals surface area contributed by atoms with E-state index >= 15 is 0 Å². The average Bonchev–Trinajstić information content (AvgIpc) is 2.81. The number of amides is 1. The molecule has 1 saturated heterocycles. The SMILES string of the molecule is O=C1CC(S)CN1c1ccc(Oc2ccc(Br)cc2)cc1. The van der Waals surface area contributed by atoms with Crippen LogP contribution in [0.5, 0.6) is 11.5 Å². The van der Waals surface area contributed by atoms with Gasteiger partial charge in [-0.3, -0.25) is 4.79 Å². The van der Waals surface area contributed by atoms with Crippen LogP contribution in [0.2, 0.25) is 0 Å². The number of halogens is 1. The van der Waals surface area contributed by atoms with Gasteiger partial charge in [-0.1, -0.05) is 15.9 Å². The third kappa shape index (κ3) is 3.41. The summed E-state index contributed by atoms with van der Waals surface area (Å²) >= 11 is 7.75. The van der Waals surface area contributed by atoms with Crippen molar-refractivity contribution in [2.24, 2.45) is 0 Å². The van der Waals surface area contributed by atoms with Crippen LogP contribution in [-0.2, 0) is 4.79 Å². The molecule has 21 heavy (non-hydrogen) atoms. The van der Waals surface area contributed by atoms with Crippen molar-refractivity contribution in [1.82, 2.24) is 0 Å². The molecule has 5 heteroatoms. The van der Waals surface area contributed by atoms with Crippen molar-refractivity contribution in [3.05, 3.63) is 53.0 Å². The molecule has 2 aromatic carbocycles. The first-order valence-electron chi connectivity index (χ1n) is 6.64. The van der Waals surface area contributed by atoms with Gasteiger partial charge in [0.05, 0.1) is 0 Å². The number of anilines is 1. The number of carbonyl (C=O) groups is 1.